The molecule has 0 unspecified atom stereocenters. The summed E-state index contributed by atoms with van der Waals surface area (Å²) in [5, 5.41) is 8.13. The first-order chi connectivity index (χ1) is 12.3. The first kappa shape index (κ1) is 23.4. The molecule has 0 radical (unpaired) electrons. The lowest BCUT2D eigenvalue weighted by Gasteiger charge is -2.29. The van der Waals surface area contributed by atoms with Crippen LogP contribution >= 0.6 is 22.6 Å². The van der Waals surface area contributed by atoms with E-state index in [9.17, 15) is 9.59 Å². The summed E-state index contributed by atoms with van der Waals surface area (Å²) in [6, 6.07) is 3.74. The molecule has 2 amide bonds. The van der Waals surface area contributed by atoms with Crippen molar-refractivity contribution < 1.29 is 19.1 Å². The van der Waals surface area contributed by atoms with E-state index < -0.39 is 23.4 Å². The number of carbonyl (C=O) groups is 2. The smallest absolute Gasteiger partial charge is 0.419 e. The molecule has 0 fully saturated rings. The second kappa shape index (κ2) is 9.52. The van der Waals surface area contributed by atoms with Crippen molar-refractivity contribution in [1.82, 2.24) is 15.1 Å². The van der Waals surface area contributed by atoms with Gasteiger partial charge in [-0.3, -0.25) is 0 Å². The molecule has 1 heterocycles. The van der Waals surface area contributed by atoms with Gasteiger partial charge >= 0.3 is 12.2 Å². The molecular weight excluding hydrogens is 463 g/mol. The van der Waals surface area contributed by atoms with Gasteiger partial charge in [-0.1, -0.05) is 0 Å². The Balaban J connectivity index is 2.73. The van der Waals surface area contributed by atoms with E-state index in [4.69, 9.17) is 9.47 Å². The van der Waals surface area contributed by atoms with Gasteiger partial charge in [0.1, 0.15) is 14.9 Å². The lowest BCUT2D eigenvalue weighted by Crippen LogP contribution is -2.44. The van der Waals surface area contributed by atoms with Crippen LogP contribution in [0.15, 0.2) is 12.1 Å². The molecule has 0 saturated carbocycles. The fraction of sp³-hybridized carbons (Fsp3) is 0.667. The van der Waals surface area contributed by atoms with Crippen LogP contribution < -0.4 is 4.90 Å². The third kappa shape index (κ3) is 9.21. The zero-order chi connectivity index (χ0) is 20.8. The number of nitrogens with zero attached hydrogens (tertiary/aromatic N) is 4. The largest absolute Gasteiger partial charge is 0.443 e. The fourth-order valence-corrected chi connectivity index (χ4v) is 2.27. The Morgan fingerprint density at radius 3 is 1.89 bits per heavy atom. The highest BCUT2D eigenvalue weighted by Gasteiger charge is 2.30. The van der Waals surface area contributed by atoms with Crippen molar-refractivity contribution >= 4 is 40.6 Å². The molecule has 8 nitrogen and oxygen atoms in total. The van der Waals surface area contributed by atoms with Crippen LogP contribution in [-0.2, 0) is 9.47 Å². The summed E-state index contributed by atoms with van der Waals surface area (Å²) < 4.78 is 11.5. The van der Waals surface area contributed by atoms with Crippen LogP contribution in [0.5, 0.6) is 0 Å². The molecule has 0 aliphatic rings. The molecule has 0 bridgehead atoms. The number of rotatable bonds is 5. The fourth-order valence-electron chi connectivity index (χ4n) is 1.98. The van der Waals surface area contributed by atoms with E-state index >= 15 is 0 Å². The van der Waals surface area contributed by atoms with E-state index in [2.05, 4.69) is 32.8 Å². The quantitative estimate of drug-likeness (QED) is 0.573. The molecule has 1 aromatic rings. The minimum atomic E-state index is -0.714. The standard InChI is InChI=1S/C18H29IN4O4/c1-17(2,3)26-15(24)23(16(25)27-18(4,5)6)12-8-11-22(7)14-10-9-13(19)20-21-14/h9-10H,8,11-12H2,1-7H3. The molecule has 0 aliphatic carbocycles. The Labute approximate surface area is 174 Å². The van der Waals surface area contributed by atoms with Gasteiger partial charge in [0, 0.05) is 20.1 Å². The summed E-state index contributed by atoms with van der Waals surface area (Å²) in [6.45, 7) is 11.3. The normalized spacial score (nSPS) is 11.7. The van der Waals surface area contributed by atoms with Crippen molar-refractivity contribution in [2.24, 2.45) is 0 Å². The first-order valence-electron chi connectivity index (χ1n) is 8.72. The third-order valence-electron chi connectivity index (χ3n) is 3.11. The second-order valence-corrected chi connectivity index (χ2v) is 9.21. The van der Waals surface area contributed by atoms with Crippen LogP contribution in [0, 0.1) is 3.70 Å². The zero-order valence-electron chi connectivity index (χ0n) is 17.1. The molecule has 0 atom stereocenters. The number of hydrogen-bond donors (Lipinski definition) is 0. The Bertz CT molecular complexity index is 610. The van der Waals surface area contributed by atoms with E-state index in [-0.39, 0.29) is 6.54 Å². The number of aromatic nitrogens is 2. The minimum Gasteiger partial charge on any atom is -0.443 e. The van der Waals surface area contributed by atoms with Gasteiger partial charge in [0.05, 0.1) is 0 Å². The Hall–Kier alpha value is -1.65. The van der Waals surface area contributed by atoms with Crippen molar-refractivity contribution in [3.63, 3.8) is 0 Å². The van der Waals surface area contributed by atoms with E-state index in [0.717, 1.165) is 14.4 Å². The molecule has 0 saturated heterocycles. The van der Waals surface area contributed by atoms with Crippen LogP contribution in [-0.4, -0.2) is 58.6 Å². The van der Waals surface area contributed by atoms with Crippen molar-refractivity contribution in [3.8, 4) is 0 Å². The molecule has 0 aliphatic heterocycles. The average molecular weight is 492 g/mol. The Kier molecular flexibility index (Phi) is 8.24. The lowest BCUT2D eigenvalue weighted by atomic mass is 10.2. The van der Waals surface area contributed by atoms with E-state index in [1.54, 1.807) is 41.5 Å². The van der Waals surface area contributed by atoms with E-state index in [0.29, 0.717) is 13.0 Å². The summed E-state index contributed by atoms with van der Waals surface area (Å²) in [7, 11) is 1.88. The second-order valence-electron chi connectivity index (χ2n) is 8.10. The summed E-state index contributed by atoms with van der Waals surface area (Å²) in [5.41, 5.74) is -1.41. The van der Waals surface area contributed by atoms with Gasteiger partial charge in [-0.15, -0.1) is 10.2 Å². The highest BCUT2D eigenvalue weighted by atomic mass is 127. The third-order valence-corrected chi connectivity index (χ3v) is 3.69. The van der Waals surface area contributed by atoms with E-state index in [1.165, 1.54) is 0 Å². The number of imide groups is 1. The van der Waals surface area contributed by atoms with Crippen LogP contribution in [0.1, 0.15) is 48.0 Å². The van der Waals surface area contributed by atoms with Gasteiger partial charge in [0.2, 0.25) is 0 Å². The maximum Gasteiger partial charge on any atom is 0.419 e. The minimum absolute atomic E-state index is 0.173. The summed E-state index contributed by atoms with van der Waals surface area (Å²) in [5.74, 6) is 0.719. The molecule has 152 valence electrons. The van der Waals surface area contributed by atoms with Crippen molar-refractivity contribution in [1.29, 1.82) is 0 Å². The SMILES string of the molecule is CN(CCCN(C(=O)OC(C)(C)C)C(=O)OC(C)(C)C)c1ccc(I)nn1. The molecule has 9 heteroatoms. The van der Waals surface area contributed by atoms with Crippen molar-refractivity contribution in [2.75, 3.05) is 25.0 Å². The summed E-state index contributed by atoms with van der Waals surface area (Å²) in [4.78, 5) is 27.8. The molecule has 1 aromatic heterocycles. The van der Waals surface area contributed by atoms with Crippen molar-refractivity contribution in [2.45, 2.75) is 59.2 Å². The molecule has 0 spiro atoms. The summed E-state index contributed by atoms with van der Waals surface area (Å²) in [6.07, 6.45) is -0.898. The highest BCUT2D eigenvalue weighted by molar-refractivity contribution is 14.1. The number of hydrogen-bond acceptors (Lipinski definition) is 7. The number of ether oxygens (including phenoxy) is 2. The predicted molar refractivity (Wildman–Crippen MR) is 112 cm³/mol. The van der Waals surface area contributed by atoms with Gasteiger partial charge in [-0.2, -0.15) is 0 Å². The number of carbonyl (C=O) groups excluding carboxylic acids is 2. The van der Waals surface area contributed by atoms with Crippen molar-refractivity contribution in [3.05, 3.63) is 15.8 Å². The first-order valence-corrected chi connectivity index (χ1v) is 9.80. The highest BCUT2D eigenvalue weighted by Crippen LogP contribution is 2.15. The van der Waals surface area contributed by atoms with Gasteiger partial charge in [-0.05, 0) is 82.7 Å². The molecule has 27 heavy (non-hydrogen) atoms. The Morgan fingerprint density at radius 1 is 0.963 bits per heavy atom. The average Bonchev–Trinajstić information content (AvgIpc) is 2.48. The topological polar surface area (TPSA) is 84.9 Å². The molecule has 0 aromatic carbocycles. The van der Waals surface area contributed by atoms with Gasteiger partial charge in [0.25, 0.3) is 0 Å². The Morgan fingerprint density at radius 2 is 1.48 bits per heavy atom. The molecular formula is C18H29IN4O4. The van der Waals surface area contributed by atoms with Gasteiger partial charge in [-0.25, -0.2) is 14.5 Å². The van der Waals surface area contributed by atoms with E-state index in [1.807, 2.05) is 24.1 Å². The molecule has 1 rings (SSSR count). The number of halogens is 1. The van der Waals surface area contributed by atoms with Crippen LogP contribution in [0.2, 0.25) is 0 Å². The van der Waals surface area contributed by atoms with Crippen LogP contribution in [0.4, 0.5) is 15.4 Å². The molecule has 0 N–H and O–H groups in total. The lowest BCUT2D eigenvalue weighted by molar-refractivity contribution is 0.00139. The van der Waals surface area contributed by atoms with Crippen LogP contribution in [0.25, 0.3) is 0 Å². The number of amides is 2. The zero-order valence-corrected chi connectivity index (χ0v) is 19.2. The van der Waals surface area contributed by atoms with Gasteiger partial charge in [0.15, 0.2) is 5.82 Å². The maximum atomic E-state index is 12.4. The maximum absolute atomic E-state index is 12.4. The number of anilines is 1. The summed E-state index contributed by atoms with van der Waals surface area (Å²) >= 11 is 2.09. The van der Waals surface area contributed by atoms with Gasteiger partial charge < -0.3 is 14.4 Å². The monoisotopic (exact) mass is 492 g/mol. The van der Waals surface area contributed by atoms with Crippen LogP contribution in [0.3, 0.4) is 0 Å². The predicted octanol–water partition coefficient (Wildman–Crippen LogP) is 4.08.